The maximum absolute atomic E-state index is 12.5. The van der Waals surface area contributed by atoms with E-state index in [1.165, 1.54) is 0 Å². The Bertz CT molecular complexity index is 1230. The third-order valence-electron chi connectivity index (χ3n) is 4.60. The van der Waals surface area contributed by atoms with E-state index in [0.717, 1.165) is 16.4 Å². The van der Waals surface area contributed by atoms with Gasteiger partial charge in [-0.25, -0.2) is 0 Å². The molecule has 0 atom stereocenters. The van der Waals surface area contributed by atoms with Crippen LogP contribution < -0.4 is 21.1 Å². The lowest BCUT2D eigenvalue weighted by Gasteiger charge is -2.12. The summed E-state index contributed by atoms with van der Waals surface area (Å²) in [5, 5.41) is 7.63. The van der Waals surface area contributed by atoms with E-state index in [4.69, 9.17) is 14.9 Å². The maximum Gasteiger partial charge on any atom is 0.250 e. The summed E-state index contributed by atoms with van der Waals surface area (Å²) in [5.41, 5.74) is 8.08. The van der Waals surface area contributed by atoms with Crippen LogP contribution in [0.25, 0.3) is 21.9 Å². The number of methoxy groups -OCH3 is 1. The van der Waals surface area contributed by atoms with Crippen LogP contribution in [0.1, 0.15) is 10.4 Å². The average molecular weight is 389 g/mol. The molecule has 0 spiro atoms. The molecule has 146 valence electrons. The van der Waals surface area contributed by atoms with Crippen LogP contribution in [0.5, 0.6) is 5.75 Å². The molecule has 2 amide bonds. The van der Waals surface area contributed by atoms with Gasteiger partial charge in [0.25, 0.3) is 5.91 Å². The summed E-state index contributed by atoms with van der Waals surface area (Å²) in [7, 11) is 1.54. The highest BCUT2D eigenvalue weighted by molar-refractivity contribution is 6.08. The molecule has 3 aromatic carbocycles. The quantitative estimate of drug-likeness (QED) is 0.466. The monoisotopic (exact) mass is 389 g/mol. The van der Waals surface area contributed by atoms with Crippen LogP contribution in [-0.2, 0) is 4.79 Å². The van der Waals surface area contributed by atoms with E-state index in [9.17, 15) is 9.59 Å². The van der Waals surface area contributed by atoms with Gasteiger partial charge in [-0.2, -0.15) is 0 Å². The molecule has 0 radical (unpaired) electrons. The van der Waals surface area contributed by atoms with Gasteiger partial charge in [0.2, 0.25) is 5.91 Å². The zero-order chi connectivity index (χ0) is 20.4. The summed E-state index contributed by atoms with van der Waals surface area (Å²) in [6.45, 7) is -0.0500. The number of carbonyl (C=O) groups excluding carboxylic acids is 2. The zero-order valence-corrected chi connectivity index (χ0v) is 15.7. The predicted molar refractivity (Wildman–Crippen MR) is 112 cm³/mol. The number of hydrogen-bond acceptors (Lipinski definition) is 5. The second-order valence-corrected chi connectivity index (χ2v) is 6.46. The first kappa shape index (κ1) is 18.4. The number of amides is 2. The second kappa shape index (κ2) is 7.55. The minimum atomic E-state index is -0.564. The number of primary amides is 1. The first-order valence-electron chi connectivity index (χ1n) is 8.98. The van der Waals surface area contributed by atoms with Crippen molar-refractivity contribution in [2.75, 3.05) is 24.3 Å². The molecule has 29 heavy (non-hydrogen) atoms. The minimum absolute atomic E-state index is 0.0500. The Hall–Kier alpha value is -4.00. The molecule has 4 aromatic rings. The summed E-state index contributed by atoms with van der Waals surface area (Å²) in [5.74, 6) is -0.349. The van der Waals surface area contributed by atoms with Crippen molar-refractivity contribution in [2.45, 2.75) is 0 Å². The summed E-state index contributed by atoms with van der Waals surface area (Å²) in [6, 6.07) is 18.0. The van der Waals surface area contributed by atoms with Crippen LogP contribution in [0, 0.1) is 0 Å². The van der Waals surface area contributed by atoms with Gasteiger partial charge in [-0.05, 0) is 24.3 Å². The topological polar surface area (TPSA) is 107 Å². The molecule has 7 heteroatoms. The van der Waals surface area contributed by atoms with Gasteiger partial charge in [0.05, 0.1) is 24.9 Å². The van der Waals surface area contributed by atoms with Gasteiger partial charge in [0, 0.05) is 22.5 Å². The molecule has 1 heterocycles. The number of anilines is 2. The number of benzene rings is 3. The fourth-order valence-corrected chi connectivity index (χ4v) is 3.24. The average Bonchev–Trinajstić information content (AvgIpc) is 3.09. The Balaban J connectivity index is 1.56. The van der Waals surface area contributed by atoms with Gasteiger partial charge in [-0.15, -0.1) is 0 Å². The normalized spacial score (nSPS) is 10.8. The fourth-order valence-electron chi connectivity index (χ4n) is 3.24. The maximum atomic E-state index is 12.5. The van der Waals surface area contributed by atoms with Crippen molar-refractivity contribution in [1.29, 1.82) is 0 Å². The van der Waals surface area contributed by atoms with Crippen molar-refractivity contribution < 1.29 is 18.7 Å². The van der Waals surface area contributed by atoms with Gasteiger partial charge >= 0.3 is 0 Å². The van der Waals surface area contributed by atoms with E-state index < -0.39 is 5.91 Å². The van der Waals surface area contributed by atoms with Gasteiger partial charge in [-0.1, -0.05) is 30.3 Å². The summed E-state index contributed by atoms with van der Waals surface area (Å²) >= 11 is 0. The van der Waals surface area contributed by atoms with Crippen LogP contribution in [0.2, 0.25) is 0 Å². The molecule has 0 saturated heterocycles. The largest absolute Gasteiger partial charge is 0.495 e. The first-order chi connectivity index (χ1) is 14.1. The number of ether oxygens (including phenoxy) is 1. The number of fused-ring (bicyclic) bond motifs is 3. The highest BCUT2D eigenvalue weighted by Crippen LogP contribution is 2.36. The Kier molecular flexibility index (Phi) is 4.78. The molecule has 0 saturated carbocycles. The van der Waals surface area contributed by atoms with Gasteiger partial charge < -0.3 is 25.5 Å². The molecular formula is C22H19N3O4. The lowest BCUT2D eigenvalue weighted by Crippen LogP contribution is -2.23. The predicted octanol–water partition coefficient (Wildman–Crippen LogP) is 3.74. The number of rotatable bonds is 6. The van der Waals surface area contributed by atoms with E-state index >= 15 is 0 Å². The molecule has 0 aliphatic rings. The summed E-state index contributed by atoms with van der Waals surface area (Å²) < 4.78 is 11.3. The lowest BCUT2D eigenvalue weighted by molar-refractivity contribution is -0.114. The third-order valence-corrected chi connectivity index (χ3v) is 4.60. The minimum Gasteiger partial charge on any atom is -0.495 e. The molecule has 0 fully saturated rings. The van der Waals surface area contributed by atoms with Crippen molar-refractivity contribution in [3.8, 4) is 5.75 Å². The summed E-state index contributed by atoms with van der Waals surface area (Å²) in [6.07, 6.45) is 0. The van der Waals surface area contributed by atoms with Crippen molar-refractivity contribution in [2.24, 2.45) is 5.73 Å². The fraction of sp³-hybridized carbons (Fsp3) is 0.0909. The zero-order valence-electron chi connectivity index (χ0n) is 15.7. The molecule has 0 aliphatic carbocycles. The molecule has 4 N–H and O–H groups in total. The number of hydrogen-bond donors (Lipinski definition) is 3. The number of carbonyl (C=O) groups is 2. The number of nitrogens with one attached hydrogen (secondary N) is 2. The highest BCUT2D eigenvalue weighted by atomic mass is 16.5. The Labute approximate surface area is 166 Å². The van der Waals surface area contributed by atoms with Gasteiger partial charge in [0.1, 0.15) is 16.9 Å². The van der Waals surface area contributed by atoms with Gasteiger partial charge in [0.15, 0.2) is 0 Å². The first-order valence-corrected chi connectivity index (χ1v) is 8.98. The summed E-state index contributed by atoms with van der Waals surface area (Å²) in [4.78, 5) is 24.0. The number of furan rings is 1. The third kappa shape index (κ3) is 3.58. The number of para-hydroxylation sites is 2. The molecular weight excluding hydrogens is 370 g/mol. The van der Waals surface area contributed by atoms with Crippen LogP contribution >= 0.6 is 0 Å². The Morgan fingerprint density at radius 2 is 1.72 bits per heavy atom. The molecule has 0 unspecified atom stereocenters. The van der Waals surface area contributed by atoms with Crippen molar-refractivity contribution in [3.63, 3.8) is 0 Å². The smallest absolute Gasteiger partial charge is 0.250 e. The van der Waals surface area contributed by atoms with E-state index in [2.05, 4.69) is 10.6 Å². The van der Waals surface area contributed by atoms with Crippen LogP contribution in [0.15, 0.2) is 65.1 Å². The van der Waals surface area contributed by atoms with E-state index in [0.29, 0.717) is 28.3 Å². The molecule has 0 aliphatic heterocycles. The second-order valence-electron chi connectivity index (χ2n) is 6.46. The van der Waals surface area contributed by atoms with Gasteiger partial charge in [-0.3, -0.25) is 9.59 Å². The van der Waals surface area contributed by atoms with E-state index in [1.807, 2.05) is 30.3 Å². The van der Waals surface area contributed by atoms with Crippen LogP contribution in [-0.4, -0.2) is 25.5 Å². The highest BCUT2D eigenvalue weighted by Gasteiger charge is 2.14. The molecule has 1 aromatic heterocycles. The van der Waals surface area contributed by atoms with Crippen molar-refractivity contribution >= 4 is 45.1 Å². The molecule has 4 rings (SSSR count). The Morgan fingerprint density at radius 1 is 0.966 bits per heavy atom. The number of nitrogens with two attached hydrogens (primary N) is 1. The molecule has 7 nitrogen and oxygen atoms in total. The van der Waals surface area contributed by atoms with E-state index in [-0.39, 0.29) is 12.5 Å². The SMILES string of the molecule is COc1cc2c(cc1NC(=O)CNc1ccccc1C(N)=O)oc1ccccc12. The Morgan fingerprint density at radius 3 is 2.52 bits per heavy atom. The standard InChI is InChI=1S/C22H19N3O4/c1-28-20-10-15-13-6-3-5-9-18(13)29-19(15)11-17(20)25-21(26)12-24-16-8-4-2-7-14(16)22(23)27/h2-11,24H,12H2,1H3,(H2,23,27)(H,25,26). The lowest BCUT2D eigenvalue weighted by atomic mass is 10.1. The van der Waals surface area contributed by atoms with E-state index in [1.54, 1.807) is 37.4 Å². The van der Waals surface area contributed by atoms with Crippen LogP contribution in [0.3, 0.4) is 0 Å². The molecule has 0 bridgehead atoms. The van der Waals surface area contributed by atoms with Crippen molar-refractivity contribution in [1.82, 2.24) is 0 Å². The van der Waals surface area contributed by atoms with Crippen LogP contribution in [0.4, 0.5) is 11.4 Å². The van der Waals surface area contributed by atoms with Crippen molar-refractivity contribution in [3.05, 3.63) is 66.2 Å².